The van der Waals surface area contributed by atoms with Gasteiger partial charge in [-0.25, -0.2) is 0 Å². The number of rotatable bonds is 10. The second kappa shape index (κ2) is 19.3. The Labute approximate surface area is 374 Å². The third-order valence-electron chi connectivity index (χ3n) is 11.4. The Morgan fingerprint density at radius 2 is 0.839 bits per heavy atom. The molecule has 0 saturated carbocycles. The third kappa shape index (κ3) is 8.41. The molecule has 6 aromatic rings. The van der Waals surface area contributed by atoms with Crippen molar-refractivity contribution in [1.29, 1.82) is 21.0 Å². The Hall–Kier alpha value is -6.82. The van der Waals surface area contributed by atoms with E-state index in [2.05, 4.69) is 133 Å². The van der Waals surface area contributed by atoms with E-state index in [9.17, 15) is 21.0 Å². The summed E-state index contributed by atoms with van der Waals surface area (Å²) in [6, 6.07) is 42.2. The maximum Gasteiger partial charge on any atom is 0.102 e. The van der Waals surface area contributed by atoms with E-state index >= 15 is 0 Å². The fraction of sp³-hybridized carbons (Fsp3) is 0.231. The van der Waals surface area contributed by atoms with Gasteiger partial charge in [0.05, 0.1) is 56.4 Å². The Kier molecular flexibility index (Phi) is 13.4. The van der Waals surface area contributed by atoms with E-state index in [4.69, 9.17) is 11.5 Å². The van der Waals surface area contributed by atoms with E-state index in [1.807, 2.05) is 26.0 Å². The van der Waals surface area contributed by atoms with Crippen LogP contribution in [0.1, 0.15) is 85.8 Å². The molecule has 2 aliphatic rings. The highest BCUT2D eigenvalue weighted by atomic mass is 32.2. The standard InChI is InChI=1S/2C26H24N4S/c2*1-3-4-7-12-30-22-8-5-6-9-24(22)31-25-14-18(10-11-23(25)30)19-13-17(2)20(15-27)26(29)21(19)16-28/h2*5-6,8-11,13-14H,3-4,7,12,29H2,1-2H3. The average molecular weight is 849 g/mol. The molecule has 0 radical (unpaired) electrons. The fourth-order valence-corrected chi connectivity index (χ4v) is 10.5. The molecular weight excluding hydrogens is 801 g/mol. The van der Waals surface area contributed by atoms with Gasteiger partial charge in [0, 0.05) is 43.8 Å². The van der Waals surface area contributed by atoms with Crippen molar-refractivity contribution in [2.24, 2.45) is 0 Å². The lowest BCUT2D eigenvalue weighted by Crippen LogP contribution is -2.21. The number of nitrogens with two attached hydrogens (primary N) is 2. The maximum absolute atomic E-state index is 9.75. The van der Waals surface area contributed by atoms with Crippen molar-refractivity contribution < 1.29 is 0 Å². The summed E-state index contributed by atoms with van der Waals surface area (Å²) in [6.07, 6.45) is 7.06. The second-order valence-electron chi connectivity index (χ2n) is 15.5. The monoisotopic (exact) mass is 848 g/mol. The molecule has 0 saturated heterocycles. The predicted molar refractivity (Wildman–Crippen MR) is 255 cm³/mol. The zero-order chi connectivity index (χ0) is 43.9. The highest BCUT2D eigenvalue weighted by molar-refractivity contribution is 8.00. The molecule has 6 aromatic carbocycles. The van der Waals surface area contributed by atoms with Crippen LogP contribution < -0.4 is 21.3 Å². The minimum atomic E-state index is 0.261. The number of hydrogen-bond donors (Lipinski definition) is 2. The van der Waals surface area contributed by atoms with Crippen LogP contribution in [0.5, 0.6) is 0 Å². The molecule has 0 fully saturated rings. The lowest BCUT2D eigenvalue weighted by atomic mass is 9.93. The summed E-state index contributed by atoms with van der Waals surface area (Å²) in [5, 5.41) is 38.3. The predicted octanol–water partition coefficient (Wildman–Crippen LogP) is 13.6. The van der Waals surface area contributed by atoms with Crippen molar-refractivity contribution in [1.82, 2.24) is 0 Å². The van der Waals surface area contributed by atoms with E-state index in [0.29, 0.717) is 22.3 Å². The van der Waals surface area contributed by atoms with Crippen LogP contribution in [0.2, 0.25) is 0 Å². The van der Waals surface area contributed by atoms with Crippen LogP contribution in [0.15, 0.2) is 117 Å². The first kappa shape index (κ1) is 43.3. The quantitative estimate of drug-likeness (QED) is 0.101. The minimum Gasteiger partial charge on any atom is -0.397 e. The Balaban J connectivity index is 0.000000186. The Morgan fingerprint density at radius 1 is 0.468 bits per heavy atom. The Morgan fingerprint density at radius 3 is 1.21 bits per heavy atom. The van der Waals surface area contributed by atoms with Crippen LogP contribution in [0, 0.1) is 59.2 Å². The fourth-order valence-electron chi connectivity index (χ4n) is 8.20. The summed E-state index contributed by atoms with van der Waals surface area (Å²) >= 11 is 3.51. The van der Waals surface area contributed by atoms with Crippen LogP contribution >= 0.6 is 23.5 Å². The van der Waals surface area contributed by atoms with Crippen molar-refractivity contribution >= 4 is 57.6 Å². The molecule has 4 N–H and O–H groups in total. The summed E-state index contributed by atoms with van der Waals surface area (Å²) in [5.74, 6) is 0. The van der Waals surface area contributed by atoms with Gasteiger partial charge in [-0.1, -0.05) is 99.5 Å². The molecule has 8 rings (SSSR count). The normalized spacial score (nSPS) is 11.9. The molecule has 10 heteroatoms. The first-order valence-corrected chi connectivity index (χ1v) is 22.6. The molecular formula is C52H48N8S2. The smallest absolute Gasteiger partial charge is 0.102 e. The molecule has 0 aliphatic carbocycles. The molecule has 0 amide bonds. The largest absolute Gasteiger partial charge is 0.397 e. The van der Waals surface area contributed by atoms with Crippen LogP contribution in [-0.2, 0) is 0 Å². The summed E-state index contributed by atoms with van der Waals surface area (Å²) in [7, 11) is 0. The zero-order valence-electron chi connectivity index (χ0n) is 35.5. The van der Waals surface area contributed by atoms with E-state index in [0.717, 1.165) is 69.1 Å². The van der Waals surface area contributed by atoms with Gasteiger partial charge in [-0.3, -0.25) is 0 Å². The van der Waals surface area contributed by atoms with E-state index in [1.165, 1.54) is 58.2 Å². The first-order valence-electron chi connectivity index (χ1n) is 21.0. The van der Waals surface area contributed by atoms with E-state index in [1.54, 1.807) is 23.5 Å². The average Bonchev–Trinajstić information content (AvgIpc) is 3.28. The number of para-hydroxylation sites is 2. The van der Waals surface area contributed by atoms with Gasteiger partial charge in [0.2, 0.25) is 0 Å². The van der Waals surface area contributed by atoms with Crippen LogP contribution in [0.25, 0.3) is 22.3 Å². The highest BCUT2D eigenvalue weighted by Crippen LogP contribution is 2.51. The number of nitrogens with zero attached hydrogens (tertiary/aromatic N) is 6. The van der Waals surface area contributed by atoms with Crippen molar-refractivity contribution in [3.63, 3.8) is 0 Å². The molecule has 0 atom stereocenters. The van der Waals surface area contributed by atoms with Crippen molar-refractivity contribution in [3.05, 3.63) is 130 Å². The van der Waals surface area contributed by atoms with Crippen LogP contribution in [-0.4, -0.2) is 13.1 Å². The summed E-state index contributed by atoms with van der Waals surface area (Å²) in [5.41, 5.74) is 24.2. The molecule has 0 unspecified atom stereocenters. The second-order valence-corrected chi connectivity index (χ2v) is 17.6. The number of nitriles is 4. The number of benzene rings is 6. The minimum absolute atomic E-state index is 0.261. The van der Waals surface area contributed by atoms with Gasteiger partial charge in [0.1, 0.15) is 24.3 Å². The molecule has 0 aromatic heterocycles. The highest BCUT2D eigenvalue weighted by Gasteiger charge is 2.26. The molecule has 2 heterocycles. The van der Waals surface area contributed by atoms with Crippen LogP contribution in [0.4, 0.5) is 34.1 Å². The van der Waals surface area contributed by atoms with Gasteiger partial charge in [0.25, 0.3) is 0 Å². The number of nitrogen functional groups attached to an aromatic ring is 2. The topological polar surface area (TPSA) is 154 Å². The van der Waals surface area contributed by atoms with Crippen molar-refractivity contribution in [3.8, 4) is 46.5 Å². The van der Waals surface area contributed by atoms with Crippen molar-refractivity contribution in [2.75, 3.05) is 34.4 Å². The SMILES string of the molecule is CCCCCN1c2ccccc2Sc2cc(-c3cc(C)c(C#N)c(N)c3C#N)ccc21.CCCCCN1c2ccccc2Sc2cc(-c3cc(C)c(C#N)c(N)c3C#N)ccc21. The van der Waals surface area contributed by atoms with E-state index in [-0.39, 0.29) is 11.4 Å². The third-order valence-corrected chi connectivity index (χ3v) is 13.6. The molecule has 62 heavy (non-hydrogen) atoms. The van der Waals surface area contributed by atoms with Gasteiger partial charge in [-0.15, -0.1) is 0 Å². The Bertz CT molecular complexity index is 2660. The van der Waals surface area contributed by atoms with Gasteiger partial charge in [-0.2, -0.15) is 21.0 Å². The van der Waals surface area contributed by atoms with Gasteiger partial charge in [-0.05, 0) is 110 Å². The maximum atomic E-state index is 9.75. The van der Waals surface area contributed by atoms with E-state index < -0.39 is 0 Å². The lowest BCUT2D eigenvalue weighted by Gasteiger charge is -2.33. The van der Waals surface area contributed by atoms with Crippen molar-refractivity contribution in [2.45, 2.75) is 85.8 Å². The molecule has 308 valence electrons. The number of hydrogen-bond acceptors (Lipinski definition) is 10. The molecule has 0 bridgehead atoms. The molecule has 2 aliphatic heterocycles. The first-order chi connectivity index (χ1) is 30.2. The zero-order valence-corrected chi connectivity index (χ0v) is 37.2. The van der Waals surface area contributed by atoms with Gasteiger partial charge < -0.3 is 21.3 Å². The van der Waals surface area contributed by atoms with Gasteiger partial charge in [0.15, 0.2) is 0 Å². The number of anilines is 6. The van der Waals surface area contributed by atoms with Crippen LogP contribution in [0.3, 0.4) is 0 Å². The summed E-state index contributed by atoms with van der Waals surface area (Å²) in [6.45, 7) is 10.1. The number of fused-ring (bicyclic) bond motifs is 4. The lowest BCUT2D eigenvalue weighted by molar-refractivity contribution is 0.712. The summed E-state index contributed by atoms with van der Waals surface area (Å²) < 4.78 is 0. The molecule has 8 nitrogen and oxygen atoms in total. The molecule has 0 spiro atoms. The number of aryl methyl sites for hydroxylation is 2. The number of unbranched alkanes of at least 4 members (excludes halogenated alkanes) is 4. The summed E-state index contributed by atoms with van der Waals surface area (Å²) in [4.78, 5) is 9.61. The van der Waals surface area contributed by atoms with Gasteiger partial charge >= 0.3 is 0 Å².